The minimum atomic E-state index is 0.755. The van der Waals surface area contributed by atoms with E-state index in [4.69, 9.17) is 0 Å². The van der Waals surface area contributed by atoms with Gasteiger partial charge in [0, 0.05) is 4.90 Å². The second-order valence-electron chi connectivity index (χ2n) is 3.45. The molecule has 1 rings (SSSR count). The van der Waals surface area contributed by atoms with Gasteiger partial charge in [0.1, 0.15) is 0 Å². The monoisotopic (exact) mass is 210 g/mol. The van der Waals surface area contributed by atoms with Crippen LogP contribution in [0.15, 0.2) is 29.2 Å². The maximum absolute atomic E-state index is 2.25. The van der Waals surface area contributed by atoms with Crippen LogP contribution in [0, 0.1) is 5.92 Å². The van der Waals surface area contributed by atoms with Crippen molar-refractivity contribution in [1.29, 1.82) is 0 Å². The van der Waals surface area contributed by atoms with E-state index in [1.54, 1.807) is 11.8 Å². The zero-order valence-electron chi connectivity index (χ0n) is 10.0. The molecule has 0 atom stereocenters. The number of hydrogen-bond donors (Lipinski definition) is 0. The van der Waals surface area contributed by atoms with Gasteiger partial charge in [0.2, 0.25) is 0 Å². The van der Waals surface area contributed by atoms with Crippen LogP contribution in [-0.2, 0) is 6.42 Å². The normalized spacial score (nSPS) is 9.57. The number of thioether (sulfide) groups is 1. The fraction of sp³-hybridized carbons (Fsp3) is 0.538. The molecule has 0 aliphatic rings. The van der Waals surface area contributed by atoms with Gasteiger partial charge in [-0.15, -0.1) is 11.8 Å². The minimum Gasteiger partial charge on any atom is -0.130 e. The summed E-state index contributed by atoms with van der Waals surface area (Å²) in [5.41, 5.74) is 1.45. The van der Waals surface area contributed by atoms with Gasteiger partial charge in [0.05, 0.1) is 0 Å². The Morgan fingerprint density at radius 3 is 1.93 bits per heavy atom. The Morgan fingerprint density at radius 2 is 1.57 bits per heavy atom. The maximum Gasteiger partial charge on any atom is 0.00693 e. The molecule has 1 heteroatoms. The van der Waals surface area contributed by atoms with Gasteiger partial charge in [-0.05, 0) is 36.3 Å². The molecule has 14 heavy (non-hydrogen) atoms. The third-order valence-electron chi connectivity index (χ3n) is 1.80. The summed E-state index contributed by atoms with van der Waals surface area (Å²) < 4.78 is 0. The van der Waals surface area contributed by atoms with Gasteiger partial charge in [-0.25, -0.2) is 0 Å². The molecule has 0 saturated heterocycles. The van der Waals surface area contributed by atoms with Crippen molar-refractivity contribution in [3.8, 4) is 0 Å². The molecule has 0 saturated carbocycles. The third-order valence-corrected chi connectivity index (χ3v) is 2.55. The average Bonchev–Trinajstić information content (AvgIpc) is 2.21. The van der Waals surface area contributed by atoms with Crippen LogP contribution in [0.1, 0.15) is 33.3 Å². The lowest BCUT2D eigenvalue weighted by Crippen LogP contribution is -1.92. The van der Waals surface area contributed by atoms with Gasteiger partial charge in [-0.3, -0.25) is 0 Å². The first-order chi connectivity index (χ1) is 6.72. The number of rotatable bonds is 3. The van der Waals surface area contributed by atoms with Crippen molar-refractivity contribution >= 4 is 11.8 Å². The standard InChI is InChI=1S/C11H16S.C2H6/c1-9(2)8-10-4-6-11(12-3)7-5-10;1-2/h4-7,9H,8H2,1-3H3;1-2H3. The molecule has 0 nitrogen and oxygen atoms in total. The zero-order valence-corrected chi connectivity index (χ0v) is 10.8. The van der Waals surface area contributed by atoms with Crippen molar-refractivity contribution in [1.82, 2.24) is 0 Å². The van der Waals surface area contributed by atoms with Crippen molar-refractivity contribution in [2.75, 3.05) is 6.26 Å². The summed E-state index contributed by atoms with van der Waals surface area (Å²) >= 11 is 1.80. The van der Waals surface area contributed by atoms with Gasteiger partial charge in [-0.2, -0.15) is 0 Å². The molecule has 0 aromatic heterocycles. The Kier molecular flexibility index (Phi) is 7.68. The quantitative estimate of drug-likeness (QED) is 0.655. The predicted octanol–water partition coefficient (Wildman–Crippen LogP) is 4.63. The molecule has 0 amide bonds. The molecule has 0 fully saturated rings. The molecule has 80 valence electrons. The van der Waals surface area contributed by atoms with Crippen molar-refractivity contribution < 1.29 is 0 Å². The minimum absolute atomic E-state index is 0.755. The average molecular weight is 210 g/mol. The van der Waals surface area contributed by atoms with Crippen molar-refractivity contribution in [2.24, 2.45) is 5.92 Å². The summed E-state index contributed by atoms with van der Waals surface area (Å²) in [6, 6.07) is 8.85. The second-order valence-corrected chi connectivity index (χ2v) is 4.33. The second kappa shape index (κ2) is 7.93. The lowest BCUT2D eigenvalue weighted by molar-refractivity contribution is 0.647. The van der Waals surface area contributed by atoms with E-state index in [9.17, 15) is 0 Å². The van der Waals surface area contributed by atoms with Crippen molar-refractivity contribution in [3.63, 3.8) is 0 Å². The van der Waals surface area contributed by atoms with Crippen LogP contribution in [0.4, 0.5) is 0 Å². The molecular weight excluding hydrogens is 188 g/mol. The lowest BCUT2D eigenvalue weighted by atomic mass is 10.0. The molecule has 0 aliphatic carbocycles. The van der Waals surface area contributed by atoms with Gasteiger partial charge < -0.3 is 0 Å². The smallest absolute Gasteiger partial charge is 0.00693 e. The van der Waals surface area contributed by atoms with Crippen LogP contribution in [0.2, 0.25) is 0 Å². The third kappa shape index (κ3) is 5.33. The van der Waals surface area contributed by atoms with Crippen molar-refractivity contribution in [2.45, 2.75) is 39.0 Å². The van der Waals surface area contributed by atoms with Gasteiger partial charge in [0.25, 0.3) is 0 Å². The lowest BCUT2D eigenvalue weighted by Gasteiger charge is -2.04. The van der Waals surface area contributed by atoms with Crippen molar-refractivity contribution in [3.05, 3.63) is 29.8 Å². The highest BCUT2D eigenvalue weighted by Gasteiger charge is 1.96. The first kappa shape index (κ1) is 13.6. The summed E-state index contributed by atoms with van der Waals surface area (Å²) in [4.78, 5) is 1.35. The molecule has 0 heterocycles. The first-order valence-corrected chi connectivity index (χ1v) is 6.57. The summed E-state index contributed by atoms with van der Waals surface area (Å²) in [7, 11) is 0. The molecule has 0 bridgehead atoms. The first-order valence-electron chi connectivity index (χ1n) is 5.35. The highest BCUT2D eigenvalue weighted by Crippen LogP contribution is 2.16. The molecule has 0 aliphatic heterocycles. The summed E-state index contributed by atoms with van der Waals surface area (Å²) in [5, 5.41) is 0. The van der Waals surface area contributed by atoms with E-state index in [0.29, 0.717) is 0 Å². The Labute approximate surface area is 93.1 Å². The van der Waals surface area contributed by atoms with Crippen LogP contribution < -0.4 is 0 Å². The number of benzene rings is 1. The summed E-state index contributed by atoms with van der Waals surface area (Å²) in [5.74, 6) is 0.755. The van der Waals surface area contributed by atoms with E-state index >= 15 is 0 Å². The molecular formula is C13H22S. The van der Waals surface area contributed by atoms with Gasteiger partial charge in [0.15, 0.2) is 0 Å². The van der Waals surface area contributed by atoms with Gasteiger partial charge in [-0.1, -0.05) is 39.8 Å². The molecule has 0 N–H and O–H groups in total. The van der Waals surface area contributed by atoms with E-state index in [0.717, 1.165) is 5.92 Å². The van der Waals surface area contributed by atoms with E-state index in [1.807, 2.05) is 13.8 Å². The van der Waals surface area contributed by atoms with Gasteiger partial charge >= 0.3 is 0 Å². The van der Waals surface area contributed by atoms with Crippen LogP contribution in [-0.4, -0.2) is 6.26 Å². The molecule has 0 radical (unpaired) electrons. The Bertz CT molecular complexity index is 223. The van der Waals surface area contributed by atoms with E-state index in [1.165, 1.54) is 16.9 Å². The Hall–Kier alpha value is -0.430. The predicted molar refractivity (Wildman–Crippen MR) is 68.1 cm³/mol. The molecule has 1 aromatic rings. The van der Waals surface area contributed by atoms with E-state index in [2.05, 4.69) is 44.4 Å². The SMILES string of the molecule is CC.CSc1ccc(CC(C)C)cc1. The molecule has 0 spiro atoms. The highest BCUT2D eigenvalue weighted by atomic mass is 32.2. The summed E-state index contributed by atoms with van der Waals surface area (Å²) in [6.07, 6.45) is 3.30. The van der Waals surface area contributed by atoms with Crippen LogP contribution in [0.25, 0.3) is 0 Å². The molecule has 0 unspecified atom stereocenters. The van der Waals surface area contributed by atoms with Crippen LogP contribution >= 0.6 is 11.8 Å². The Morgan fingerprint density at radius 1 is 1.07 bits per heavy atom. The van der Waals surface area contributed by atoms with Crippen LogP contribution in [0.3, 0.4) is 0 Å². The van der Waals surface area contributed by atoms with E-state index < -0.39 is 0 Å². The summed E-state index contributed by atoms with van der Waals surface area (Å²) in [6.45, 7) is 8.50. The largest absolute Gasteiger partial charge is 0.130 e. The number of hydrogen-bond acceptors (Lipinski definition) is 1. The maximum atomic E-state index is 2.25. The molecule has 1 aromatic carbocycles. The van der Waals surface area contributed by atoms with Crippen LogP contribution in [0.5, 0.6) is 0 Å². The Balaban J connectivity index is 0.000000791. The highest BCUT2D eigenvalue weighted by molar-refractivity contribution is 7.98. The van der Waals surface area contributed by atoms with E-state index in [-0.39, 0.29) is 0 Å². The fourth-order valence-electron chi connectivity index (χ4n) is 1.23. The fourth-order valence-corrected chi connectivity index (χ4v) is 1.64. The topological polar surface area (TPSA) is 0 Å². The zero-order chi connectivity index (χ0) is 11.0.